The van der Waals surface area contributed by atoms with Gasteiger partial charge in [-0.05, 0) is 33.8 Å². The Balaban J connectivity index is 0.000000223. The zero-order valence-corrected chi connectivity index (χ0v) is 8.50. The highest BCUT2D eigenvalue weighted by molar-refractivity contribution is 5.37. The van der Waals surface area contributed by atoms with E-state index in [2.05, 4.69) is 14.9 Å². The van der Waals surface area contributed by atoms with Gasteiger partial charge in [0.05, 0.1) is 5.69 Å². The summed E-state index contributed by atoms with van der Waals surface area (Å²) in [7, 11) is 0. The van der Waals surface area contributed by atoms with Crippen molar-refractivity contribution in [2.75, 3.05) is 0 Å². The molecule has 1 aromatic heterocycles. The van der Waals surface area contributed by atoms with Crippen molar-refractivity contribution < 1.29 is 9.53 Å². The Morgan fingerprint density at radius 3 is 2.23 bits per heavy atom. The first-order valence-corrected chi connectivity index (χ1v) is 4.03. The van der Waals surface area contributed by atoms with Gasteiger partial charge in [0.1, 0.15) is 5.60 Å². The van der Waals surface area contributed by atoms with Crippen molar-refractivity contribution in [2.45, 2.75) is 33.3 Å². The summed E-state index contributed by atoms with van der Waals surface area (Å²) in [4.78, 5) is 9.60. The molecule has 0 aromatic carbocycles. The number of H-pyrrole nitrogens is 1. The van der Waals surface area contributed by atoms with Crippen LogP contribution in [-0.2, 0) is 9.53 Å². The molecule has 0 amide bonds. The molecule has 0 saturated heterocycles. The number of hydrogen-bond acceptors (Lipinski definition) is 3. The van der Waals surface area contributed by atoms with Crippen molar-refractivity contribution in [1.82, 2.24) is 10.2 Å². The Kier molecular flexibility index (Phi) is 4.80. The van der Waals surface area contributed by atoms with E-state index in [0.29, 0.717) is 6.47 Å². The molecule has 0 aliphatic heterocycles. The number of aromatic amines is 1. The highest BCUT2D eigenvalue weighted by Crippen LogP contribution is 2.02. The molecule has 0 bridgehead atoms. The van der Waals surface area contributed by atoms with Crippen LogP contribution < -0.4 is 0 Å². The lowest BCUT2D eigenvalue weighted by molar-refractivity contribution is -0.138. The van der Waals surface area contributed by atoms with Crippen LogP contribution in [0.5, 0.6) is 0 Å². The van der Waals surface area contributed by atoms with E-state index < -0.39 is 0 Å². The topological polar surface area (TPSA) is 55.0 Å². The second kappa shape index (κ2) is 5.35. The molecule has 1 aromatic rings. The molecular formula is C9H16N2O2. The summed E-state index contributed by atoms with van der Waals surface area (Å²) in [5, 5.41) is 6.47. The zero-order chi connectivity index (χ0) is 10.3. The molecule has 0 spiro atoms. The fourth-order valence-corrected chi connectivity index (χ4v) is 0.479. The summed E-state index contributed by atoms with van der Waals surface area (Å²) < 4.78 is 4.55. The number of hydrogen-bond donors (Lipinski definition) is 1. The Labute approximate surface area is 78.3 Å². The first-order chi connectivity index (χ1) is 5.95. The molecule has 0 aliphatic carbocycles. The molecule has 0 saturated carbocycles. The van der Waals surface area contributed by atoms with Gasteiger partial charge >= 0.3 is 0 Å². The van der Waals surface area contributed by atoms with E-state index >= 15 is 0 Å². The van der Waals surface area contributed by atoms with Gasteiger partial charge in [0.2, 0.25) is 0 Å². The standard InChI is InChI=1S/C5H10O2.C4H6N2/c1-5(2,3)7-4-6;1-4-2-3-5-6-4/h4H,1-3H3;2-3H,1H3,(H,5,6). The van der Waals surface area contributed by atoms with Crippen molar-refractivity contribution in [3.05, 3.63) is 18.0 Å². The van der Waals surface area contributed by atoms with E-state index in [1.807, 2.05) is 33.8 Å². The molecule has 0 fully saturated rings. The Hall–Kier alpha value is -1.32. The molecule has 13 heavy (non-hydrogen) atoms. The molecule has 0 radical (unpaired) electrons. The molecule has 4 nitrogen and oxygen atoms in total. The second-order valence-corrected chi connectivity index (χ2v) is 3.54. The van der Waals surface area contributed by atoms with Crippen LogP contribution >= 0.6 is 0 Å². The molecule has 1 rings (SSSR count). The lowest BCUT2D eigenvalue weighted by atomic mass is 10.2. The van der Waals surface area contributed by atoms with Crippen LogP contribution in [0.25, 0.3) is 0 Å². The lowest BCUT2D eigenvalue weighted by Crippen LogP contribution is -2.17. The molecule has 0 aliphatic rings. The summed E-state index contributed by atoms with van der Waals surface area (Å²) in [5.41, 5.74) is 0.719. The number of carbonyl (C=O) groups is 1. The maximum Gasteiger partial charge on any atom is 0.293 e. The summed E-state index contributed by atoms with van der Waals surface area (Å²) in [5.74, 6) is 0. The Morgan fingerprint density at radius 1 is 1.54 bits per heavy atom. The predicted molar refractivity (Wildman–Crippen MR) is 50.2 cm³/mol. The van der Waals surface area contributed by atoms with Gasteiger partial charge in [-0.1, -0.05) is 0 Å². The van der Waals surface area contributed by atoms with Crippen LogP contribution in [0.1, 0.15) is 26.5 Å². The number of nitrogens with zero attached hydrogens (tertiary/aromatic N) is 1. The van der Waals surface area contributed by atoms with Crippen LogP contribution in [0.15, 0.2) is 12.3 Å². The molecule has 74 valence electrons. The highest BCUT2D eigenvalue weighted by Gasteiger charge is 2.07. The summed E-state index contributed by atoms with van der Waals surface area (Å²) in [6.45, 7) is 7.86. The van der Waals surface area contributed by atoms with Gasteiger partial charge in [0, 0.05) is 6.20 Å². The number of nitrogens with one attached hydrogen (secondary N) is 1. The predicted octanol–water partition coefficient (Wildman–Crippen LogP) is 1.68. The largest absolute Gasteiger partial charge is 0.462 e. The smallest absolute Gasteiger partial charge is 0.293 e. The van der Waals surface area contributed by atoms with E-state index in [1.165, 1.54) is 0 Å². The molecule has 1 N–H and O–H groups in total. The molecule has 1 heterocycles. The van der Waals surface area contributed by atoms with Crippen molar-refractivity contribution in [3.8, 4) is 0 Å². The average Bonchev–Trinajstić information content (AvgIpc) is 2.38. The maximum absolute atomic E-state index is 9.60. The molecule has 0 atom stereocenters. The third-order valence-electron chi connectivity index (χ3n) is 1.04. The lowest BCUT2D eigenvalue weighted by Gasteiger charge is -2.14. The van der Waals surface area contributed by atoms with Gasteiger partial charge in [0.15, 0.2) is 0 Å². The minimum atomic E-state index is -0.318. The number of carbonyl (C=O) groups excluding carboxylic acids is 1. The highest BCUT2D eigenvalue weighted by atomic mass is 16.5. The first-order valence-electron chi connectivity index (χ1n) is 4.03. The van der Waals surface area contributed by atoms with Crippen LogP contribution in [-0.4, -0.2) is 22.3 Å². The number of aromatic nitrogens is 2. The molecular weight excluding hydrogens is 168 g/mol. The Morgan fingerprint density at radius 2 is 2.15 bits per heavy atom. The van der Waals surface area contributed by atoms with Crippen molar-refractivity contribution in [3.63, 3.8) is 0 Å². The van der Waals surface area contributed by atoms with Gasteiger partial charge in [-0.2, -0.15) is 5.10 Å². The van der Waals surface area contributed by atoms with E-state index in [9.17, 15) is 4.79 Å². The van der Waals surface area contributed by atoms with Gasteiger partial charge < -0.3 is 4.74 Å². The minimum Gasteiger partial charge on any atom is -0.462 e. The van der Waals surface area contributed by atoms with E-state index in [-0.39, 0.29) is 5.60 Å². The molecule has 0 unspecified atom stereocenters. The normalized spacial score (nSPS) is 9.85. The van der Waals surface area contributed by atoms with Gasteiger partial charge in [0.25, 0.3) is 6.47 Å². The van der Waals surface area contributed by atoms with E-state index in [4.69, 9.17) is 0 Å². The van der Waals surface area contributed by atoms with Crippen molar-refractivity contribution in [1.29, 1.82) is 0 Å². The summed E-state index contributed by atoms with van der Waals surface area (Å²) in [6.07, 6.45) is 1.80. The monoisotopic (exact) mass is 184 g/mol. The SMILES string of the molecule is CC(C)(C)OC=O.Cc1cc[nH]n1. The minimum absolute atomic E-state index is 0.318. The van der Waals surface area contributed by atoms with Crippen molar-refractivity contribution in [2.24, 2.45) is 0 Å². The maximum atomic E-state index is 9.60. The fourth-order valence-electron chi connectivity index (χ4n) is 0.479. The van der Waals surface area contributed by atoms with Gasteiger partial charge in [-0.25, -0.2) is 0 Å². The summed E-state index contributed by atoms with van der Waals surface area (Å²) >= 11 is 0. The first kappa shape index (κ1) is 11.7. The number of ether oxygens (including phenoxy) is 1. The molecule has 4 heteroatoms. The number of rotatable bonds is 1. The average molecular weight is 184 g/mol. The van der Waals surface area contributed by atoms with Crippen LogP contribution in [0.4, 0.5) is 0 Å². The van der Waals surface area contributed by atoms with E-state index in [1.54, 1.807) is 6.20 Å². The number of aryl methyl sites for hydroxylation is 1. The van der Waals surface area contributed by atoms with Crippen LogP contribution in [0, 0.1) is 6.92 Å². The van der Waals surface area contributed by atoms with Crippen LogP contribution in [0.2, 0.25) is 0 Å². The quantitative estimate of drug-likeness (QED) is 0.675. The second-order valence-electron chi connectivity index (χ2n) is 3.54. The zero-order valence-electron chi connectivity index (χ0n) is 8.50. The van der Waals surface area contributed by atoms with Crippen LogP contribution in [0.3, 0.4) is 0 Å². The summed E-state index contributed by atoms with van der Waals surface area (Å²) in [6, 6.07) is 1.92. The third-order valence-corrected chi connectivity index (χ3v) is 1.04. The van der Waals surface area contributed by atoms with Gasteiger partial charge in [-0.15, -0.1) is 0 Å². The fraction of sp³-hybridized carbons (Fsp3) is 0.556. The van der Waals surface area contributed by atoms with E-state index in [0.717, 1.165) is 5.69 Å². The third kappa shape index (κ3) is 8.59. The van der Waals surface area contributed by atoms with Gasteiger partial charge in [-0.3, -0.25) is 9.89 Å². The Bertz CT molecular complexity index is 224. The van der Waals surface area contributed by atoms with Crippen molar-refractivity contribution >= 4 is 6.47 Å².